The first-order chi connectivity index (χ1) is 16.3. The molecule has 186 valence electrons. The third-order valence-electron chi connectivity index (χ3n) is 7.65. The topological polar surface area (TPSA) is 93.7 Å². The zero-order valence-electron chi connectivity index (χ0n) is 20.1. The highest BCUT2D eigenvalue weighted by Gasteiger charge is 2.51. The minimum absolute atomic E-state index is 0.00236. The summed E-state index contributed by atoms with van der Waals surface area (Å²) in [5.74, 6) is -0.595. The smallest absolute Gasteiger partial charge is 0.255 e. The first kappa shape index (κ1) is 24.5. The summed E-state index contributed by atoms with van der Waals surface area (Å²) in [5, 5.41) is 6.07. The molecule has 4 atom stereocenters. The van der Waals surface area contributed by atoms with Crippen LogP contribution in [0.4, 0.5) is 4.39 Å². The standard InChI is InChI=1S/C26H35FN2O5/c1-14(2)28-26(32)23-16-6-7-17(10-16)24(23)29-25(31)19-11-22(20(27)12-21(19)33-3)34-18-8-4-15(13-30)5-9-18/h11-18,23-24H,4-10H2,1-3H3,(H,28,32)(H,29,31). The van der Waals surface area contributed by atoms with E-state index >= 15 is 0 Å². The van der Waals surface area contributed by atoms with Crippen LogP contribution in [0.15, 0.2) is 12.1 Å². The van der Waals surface area contributed by atoms with E-state index in [0.29, 0.717) is 25.7 Å². The Morgan fingerprint density at radius 2 is 1.76 bits per heavy atom. The molecule has 0 saturated heterocycles. The summed E-state index contributed by atoms with van der Waals surface area (Å²) in [4.78, 5) is 37.2. The van der Waals surface area contributed by atoms with E-state index in [1.54, 1.807) is 0 Å². The van der Waals surface area contributed by atoms with E-state index in [-0.39, 0.29) is 64.8 Å². The van der Waals surface area contributed by atoms with Crippen LogP contribution in [0, 0.1) is 29.5 Å². The second-order valence-corrected chi connectivity index (χ2v) is 10.3. The molecule has 3 aliphatic rings. The van der Waals surface area contributed by atoms with Crippen molar-refractivity contribution < 1.29 is 28.2 Å². The van der Waals surface area contributed by atoms with Crippen molar-refractivity contribution in [1.82, 2.24) is 10.6 Å². The van der Waals surface area contributed by atoms with Crippen molar-refractivity contribution in [3.8, 4) is 11.5 Å². The molecular formula is C26H35FN2O5. The minimum atomic E-state index is -0.597. The van der Waals surface area contributed by atoms with E-state index in [1.807, 2.05) is 13.8 Å². The maximum atomic E-state index is 14.7. The number of carbonyl (C=O) groups is 3. The van der Waals surface area contributed by atoms with Gasteiger partial charge in [-0.3, -0.25) is 9.59 Å². The maximum absolute atomic E-state index is 14.7. The third-order valence-corrected chi connectivity index (χ3v) is 7.65. The van der Waals surface area contributed by atoms with Gasteiger partial charge in [-0.25, -0.2) is 4.39 Å². The first-order valence-electron chi connectivity index (χ1n) is 12.4. The van der Waals surface area contributed by atoms with E-state index in [0.717, 1.165) is 25.5 Å². The van der Waals surface area contributed by atoms with E-state index in [1.165, 1.54) is 19.2 Å². The Balaban J connectivity index is 1.51. The van der Waals surface area contributed by atoms with Crippen molar-refractivity contribution in [3.63, 3.8) is 0 Å². The molecule has 8 heteroatoms. The molecule has 3 aliphatic carbocycles. The number of halogens is 1. The summed E-state index contributed by atoms with van der Waals surface area (Å²) in [7, 11) is 1.39. The average Bonchev–Trinajstić information content (AvgIpc) is 3.42. The van der Waals surface area contributed by atoms with Crippen molar-refractivity contribution in [1.29, 1.82) is 0 Å². The van der Waals surface area contributed by atoms with E-state index in [4.69, 9.17) is 9.47 Å². The lowest BCUT2D eigenvalue weighted by atomic mass is 9.83. The second kappa shape index (κ2) is 10.3. The van der Waals surface area contributed by atoms with Crippen LogP contribution in [0.2, 0.25) is 0 Å². The van der Waals surface area contributed by atoms with Gasteiger partial charge in [0.25, 0.3) is 5.91 Å². The van der Waals surface area contributed by atoms with Gasteiger partial charge in [0, 0.05) is 24.1 Å². The number of hydrogen-bond acceptors (Lipinski definition) is 5. The third kappa shape index (κ3) is 5.05. The number of benzene rings is 1. The fraction of sp³-hybridized carbons (Fsp3) is 0.654. The Bertz CT molecular complexity index is 928. The average molecular weight is 475 g/mol. The van der Waals surface area contributed by atoms with Crippen molar-refractivity contribution in [2.45, 2.75) is 77.0 Å². The predicted molar refractivity (Wildman–Crippen MR) is 124 cm³/mol. The highest BCUT2D eigenvalue weighted by atomic mass is 19.1. The van der Waals surface area contributed by atoms with Crippen LogP contribution in [0.1, 0.15) is 69.2 Å². The summed E-state index contributed by atoms with van der Waals surface area (Å²) >= 11 is 0. The number of fused-ring (bicyclic) bond motifs is 2. The van der Waals surface area contributed by atoms with Gasteiger partial charge in [-0.15, -0.1) is 0 Å². The van der Waals surface area contributed by atoms with Gasteiger partial charge in [-0.05, 0) is 76.7 Å². The number of carbonyl (C=O) groups excluding carboxylic acids is 3. The number of methoxy groups -OCH3 is 1. The molecule has 2 bridgehead atoms. The van der Waals surface area contributed by atoms with Crippen molar-refractivity contribution in [2.75, 3.05) is 7.11 Å². The number of hydrogen-bond donors (Lipinski definition) is 2. The van der Waals surface area contributed by atoms with Gasteiger partial charge < -0.3 is 24.9 Å². The van der Waals surface area contributed by atoms with Crippen LogP contribution in [0.25, 0.3) is 0 Å². The molecule has 0 spiro atoms. The molecule has 0 aliphatic heterocycles. The fourth-order valence-corrected chi connectivity index (χ4v) is 5.98. The van der Waals surface area contributed by atoms with E-state index in [2.05, 4.69) is 10.6 Å². The predicted octanol–water partition coefficient (Wildman–Crippen LogP) is 3.64. The number of ether oxygens (including phenoxy) is 2. The Kier molecular flexibility index (Phi) is 7.43. The molecule has 1 aromatic carbocycles. The summed E-state index contributed by atoms with van der Waals surface area (Å²) in [6.45, 7) is 3.85. The molecule has 2 N–H and O–H groups in total. The lowest BCUT2D eigenvalue weighted by Gasteiger charge is -2.31. The largest absolute Gasteiger partial charge is 0.496 e. The molecule has 3 saturated carbocycles. The van der Waals surface area contributed by atoms with Crippen LogP contribution in [-0.4, -0.2) is 43.4 Å². The summed E-state index contributed by atoms with van der Waals surface area (Å²) in [5.41, 5.74) is 0.186. The van der Waals surface area contributed by atoms with Gasteiger partial charge in [0.05, 0.1) is 24.7 Å². The van der Waals surface area contributed by atoms with E-state index in [9.17, 15) is 18.8 Å². The molecule has 0 heterocycles. The molecule has 2 amide bonds. The summed E-state index contributed by atoms with van der Waals surface area (Å²) in [6.07, 6.45) is 6.42. The van der Waals surface area contributed by atoms with Crippen LogP contribution in [0.3, 0.4) is 0 Å². The lowest BCUT2D eigenvalue weighted by molar-refractivity contribution is -0.127. The Hall–Kier alpha value is -2.64. The van der Waals surface area contributed by atoms with Crippen molar-refractivity contribution in [3.05, 3.63) is 23.5 Å². The van der Waals surface area contributed by atoms with Gasteiger partial charge in [0.2, 0.25) is 5.91 Å². The zero-order chi connectivity index (χ0) is 24.4. The lowest BCUT2D eigenvalue weighted by Crippen LogP contribution is -2.50. The molecule has 4 rings (SSSR count). The Morgan fingerprint density at radius 3 is 2.41 bits per heavy atom. The highest BCUT2D eigenvalue weighted by Crippen LogP contribution is 2.49. The molecular weight excluding hydrogens is 439 g/mol. The Morgan fingerprint density at radius 1 is 1.06 bits per heavy atom. The quantitative estimate of drug-likeness (QED) is 0.561. The van der Waals surface area contributed by atoms with Gasteiger partial charge >= 0.3 is 0 Å². The fourth-order valence-electron chi connectivity index (χ4n) is 5.98. The van der Waals surface area contributed by atoms with Crippen LogP contribution >= 0.6 is 0 Å². The number of nitrogens with one attached hydrogen (secondary N) is 2. The molecule has 0 radical (unpaired) electrons. The normalized spacial score (nSPS) is 30.1. The van der Waals surface area contributed by atoms with Crippen LogP contribution < -0.4 is 20.1 Å². The van der Waals surface area contributed by atoms with E-state index < -0.39 is 11.7 Å². The summed E-state index contributed by atoms with van der Waals surface area (Å²) < 4.78 is 25.9. The van der Waals surface area contributed by atoms with Gasteiger partial charge in [0.15, 0.2) is 11.6 Å². The SMILES string of the molecule is COc1cc(F)c(OC2CCC(C=O)CC2)cc1C(=O)NC1C2CCC(C2)C1C(=O)NC(C)C. The Labute approximate surface area is 200 Å². The highest BCUT2D eigenvalue weighted by molar-refractivity contribution is 5.98. The molecule has 0 aromatic heterocycles. The van der Waals surface area contributed by atoms with Crippen molar-refractivity contribution >= 4 is 18.1 Å². The molecule has 3 fully saturated rings. The minimum Gasteiger partial charge on any atom is -0.496 e. The van der Waals surface area contributed by atoms with Crippen molar-refractivity contribution in [2.24, 2.45) is 23.7 Å². The second-order valence-electron chi connectivity index (χ2n) is 10.3. The molecule has 7 nitrogen and oxygen atoms in total. The molecule has 1 aromatic rings. The number of amides is 2. The summed E-state index contributed by atoms with van der Waals surface area (Å²) in [6, 6.07) is 2.33. The first-order valence-corrected chi connectivity index (χ1v) is 12.4. The molecule has 34 heavy (non-hydrogen) atoms. The van der Waals surface area contributed by atoms with Gasteiger partial charge in [-0.2, -0.15) is 0 Å². The van der Waals surface area contributed by atoms with Gasteiger partial charge in [-0.1, -0.05) is 0 Å². The number of rotatable bonds is 8. The van der Waals surface area contributed by atoms with Gasteiger partial charge in [0.1, 0.15) is 12.0 Å². The van der Waals surface area contributed by atoms with Crippen LogP contribution in [0.5, 0.6) is 11.5 Å². The number of aldehydes is 1. The zero-order valence-corrected chi connectivity index (χ0v) is 20.1. The monoisotopic (exact) mass is 474 g/mol. The maximum Gasteiger partial charge on any atom is 0.255 e. The van der Waals surface area contributed by atoms with Crippen LogP contribution in [-0.2, 0) is 9.59 Å². The molecule has 4 unspecified atom stereocenters.